The zero-order chi connectivity index (χ0) is 10.2. The summed E-state index contributed by atoms with van der Waals surface area (Å²) in [5, 5.41) is 0. The Kier molecular flexibility index (Phi) is 2.15. The molecule has 4 heteroatoms. The van der Waals surface area contributed by atoms with Crippen molar-refractivity contribution in [2.24, 2.45) is 5.73 Å². The third-order valence-electron chi connectivity index (χ3n) is 3.07. The predicted molar refractivity (Wildman–Crippen MR) is 54.2 cm³/mol. The number of hydrogen-bond acceptors (Lipinski definition) is 3. The van der Waals surface area contributed by atoms with Gasteiger partial charge in [0.25, 0.3) is 5.56 Å². The van der Waals surface area contributed by atoms with Crippen LogP contribution in [0.4, 0.5) is 0 Å². The second-order valence-electron chi connectivity index (χ2n) is 4.07. The minimum Gasteiger partial charge on any atom is -0.329 e. The summed E-state index contributed by atoms with van der Waals surface area (Å²) in [5.41, 5.74) is 6.38. The van der Waals surface area contributed by atoms with Crippen LogP contribution in [0.25, 0.3) is 0 Å². The van der Waals surface area contributed by atoms with Gasteiger partial charge in [-0.3, -0.25) is 4.79 Å². The number of nitrogens with zero attached hydrogens (tertiary/aromatic N) is 1. The van der Waals surface area contributed by atoms with Crippen LogP contribution in [-0.2, 0) is 5.41 Å². The van der Waals surface area contributed by atoms with E-state index >= 15 is 0 Å². The molecule has 1 heterocycles. The molecule has 0 spiro atoms. The van der Waals surface area contributed by atoms with Crippen LogP contribution in [0.15, 0.2) is 10.9 Å². The highest BCUT2D eigenvalue weighted by molar-refractivity contribution is 5.15. The summed E-state index contributed by atoms with van der Waals surface area (Å²) in [7, 11) is 0. The summed E-state index contributed by atoms with van der Waals surface area (Å²) in [6.07, 6.45) is 3.25. The summed E-state index contributed by atoms with van der Waals surface area (Å²) in [5.74, 6) is 0.774. The smallest absolute Gasteiger partial charge is 0.251 e. The zero-order valence-electron chi connectivity index (χ0n) is 8.34. The van der Waals surface area contributed by atoms with Crippen molar-refractivity contribution >= 4 is 0 Å². The molecule has 76 valence electrons. The van der Waals surface area contributed by atoms with Gasteiger partial charge in [0.2, 0.25) is 0 Å². The average molecular weight is 193 g/mol. The molecule has 14 heavy (non-hydrogen) atoms. The lowest BCUT2D eigenvalue weighted by Crippen LogP contribution is -2.44. The van der Waals surface area contributed by atoms with Gasteiger partial charge in [-0.05, 0) is 19.8 Å². The van der Waals surface area contributed by atoms with E-state index in [1.165, 1.54) is 12.5 Å². The minimum atomic E-state index is -0.0766. The quantitative estimate of drug-likeness (QED) is 0.716. The van der Waals surface area contributed by atoms with Crippen molar-refractivity contribution in [1.29, 1.82) is 0 Å². The van der Waals surface area contributed by atoms with Crippen molar-refractivity contribution in [3.05, 3.63) is 27.9 Å². The Hall–Kier alpha value is -1.16. The highest BCUT2D eigenvalue weighted by Gasteiger charge is 2.39. The van der Waals surface area contributed by atoms with E-state index in [2.05, 4.69) is 9.97 Å². The van der Waals surface area contributed by atoms with Crippen molar-refractivity contribution in [2.45, 2.75) is 31.6 Å². The Balaban J connectivity index is 2.44. The number of hydrogen-bond donors (Lipinski definition) is 2. The SMILES string of the molecule is Cc1cc(=O)[nH]c(C2(CN)CCC2)n1. The van der Waals surface area contributed by atoms with Crippen LogP contribution < -0.4 is 11.3 Å². The second-order valence-corrected chi connectivity index (χ2v) is 4.07. The van der Waals surface area contributed by atoms with Gasteiger partial charge in [0, 0.05) is 23.7 Å². The molecule has 1 aliphatic carbocycles. The molecule has 0 bridgehead atoms. The fraction of sp³-hybridized carbons (Fsp3) is 0.600. The first-order chi connectivity index (χ1) is 6.66. The van der Waals surface area contributed by atoms with Gasteiger partial charge in [0.05, 0.1) is 0 Å². The maximum Gasteiger partial charge on any atom is 0.251 e. The maximum atomic E-state index is 11.3. The molecular weight excluding hydrogens is 178 g/mol. The molecular formula is C10H15N3O. The van der Waals surface area contributed by atoms with Crippen LogP contribution in [0.3, 0.4) is 0 Å². The standard InChI is InChI=1S/C10H15N3O/c1-7-5-8(14)13-9(12-7)10(6-11)3-2-4-10/h5H,2-4,6,11H2,1H3,(H,12,13,14). The van der Waals surface area contributed by atoms with E-state index in [-0.39, 0.29) is 11.0 Å². The van der Waals surface area contributed by atoms with Crippen LogP contribution in [0.5, 0.6) is 0 Å². The van der Waals surface area contributed by atoms with Gasteiger partial charge >= 0.3 is 0 Å². The summed E-state index contributed by atoms with van der Waals surface area (Å²) < 4.78 is 0. The molecule has 1 aromatic heterocycles. The number of nitrogens with one attached hydrogen (secondary N) is 1. The third-order valence-corrected chi connectivity index (χ3v) is 3.07. The molecule has 1 fully saturated rings. The molecule has 1 aliphatic rings. The van der Waals surface area contributed by atoms with Gasteiger partial charge in [-0.25, -0.2) is 4.98 Å². The van der Waals surface area contributed by atoms with E-state index in [1.807, 2.05) is 6.92 Å². The van der Waals surface area contributed by atoms with Crippen LogP contribution in [0.1, 0.15) is 30.8 Å². The molecule has 1 saturated carbocycles. The van der Waals surface area contributed by atoms with Gasteiger partial charge in [-0.2, -0.15) is 0 Å². The van der Waals surface area contributed by atoms with Gasteiger partial charge < -0.3 is 10.7 Å². The van der Waals surface area contributed by atoms with Crippen LogP contribution in [0, 0.1) is 6.92 Å². The third kappa shape index (κ3) is 1.35. The van der Waals surface area contributed by atoms with Crippen LogP contribution in [-0.4, -0.2) is 16.5 Å². The topological polar surface area (TPSA) is 71.8 Å². The van der Waals surface area contributed by atoms with Gasteiger partial charge in [-0.15, -0.1) is 0 Å². The summed E-state index contributed by atoms with van der Waals surface area (Å²) in [6.45, 7) is 2.40. The Labute approximate surface area is 82.6 Å². The van der Waals surface area contributed by atoms with E-state index in [1.54, 1.807) is 0 Å². The average Bonchev–Trinajstić information content (AvgIpc) is 2.01. The Morgan fingerprint density at radius 2 is 2.36 bits per heavy atom. The molecule has 3 N–H and O–H groups in total. The normalized spacial score (nSPS) is 19.0. The Bertz CT molecular complexity index is 387. The summed E-state index contributed by atoms with van der Waals surface area (Å²) in [4.78, 5) is 18.4. The van der Waals surface area contributed by atoms with Crippen LogP contribution >= 0.6 is 0 Å². The highest BCUT2D eigenvalue weighted by Crippen LogP contribution is 2.40. The first-order valence-corrected chi connectivity index (χ1v) is 4.95. The number of rotatable bonds is 2. The molecule has 0 aromatic carbocycles. The molecule has 2 rings (SSSR count). The minimum absolute atomic E-state index is 0.0504. The molecule has 0 radical (unpaired) electrons. The fourth-order valence-corrected chi connectivity index (χ4v) is 1.97. The van der Waals surface area contributed by atoms with Gasteiger partial charge in [0.15, 0.2) is 0 Å². The number of aromatic amines is 1. The van der Waals surface area contributed by atoms with E-state index in [9.17, 15) is 4.79 Å². The van der Waals surface area contributed by atoms with E-state index < -0.39 is 0 Å². The van der Waals surface area contributed by atoms with E-state index in [0.717, 1.165) is 24.4 Å². The van der Waals surface area contributed by atoms with Crippen molar-refractivity contribution in [3.63, 3.8) is 0 Å². The van der Waals surface area contributed by atoms with E-state index in [0.29, 0.717) is 6.54 Å². The lowest BCUT2D eigenvalue weighted by molar-refractivity contribution is 0.237. The van der Waals surface area contributed by atoms with Crippen LogP contribution in [0.2, 0.25) is 0 Å². The fourth-order valence-electron chi connectivity index (χ4n) is 1.97. The Morgan fingerprint density at radius 3 is 2.79 bits per heavy atom. The van der Waals surface area contributed by atoms with Crippen molar-refractivity contribution in [2.75, 3.05) is 6.54 Å². The first kappa shape index (κ1) is 9.40. The predicted octanol–water partition coefficient (Wildman–Crippen LogP) is 0.459. The highest BCUT2D eigenvalue weighted by atomic mass is 16.1. The van der Waals surface area contributed by atoms with Gasteiger partial charge in [0.1, 0.15) is 5.82 Å². The second kappa shape index (κ2) is 3.20. The number of H-pyrrole nitrogens is 1. The lowest BCUT2D eigenvalue weighted by Gasteiger charge is -2.39. The zero-order valence-corrected chi connectivity index (χ0v) is 8.34. The number of nitrogens with two attached hydrogens (primary N) is 1. The number of aryl methyl sites for hydroxylation is 1. The lowest BCUT2D eigenvalue weighted by atomic mass is 9.68. The molecule has 0 atom stereocenters. The Morgan fingerprint density at radius 1 is 1.64 bits per heavy atom. The van der Waals surface area contributed by atoms with Crippen molar-refractivity contribution < 1.29 is 0 Å². The summed E-state index contributed by atoms with van der Waals surface area (Å²) in [6, 6.07) is 1.51. The summed E-state index contributed by atoms with van der Waals surface area (Å²) >= 11 is 0. The molecule has 4 nitrogen and oxygen atoms in total. The maximum absolute atomic E-state index is 11.3. The molecule has 0 aliphatic heterocycles. The van der Waals surface area contributed by atoms with Crippen molar-refractivity contribution in [1.82, 2.24) is 9.97 Å². The molecule has 0 unspecified atom stereocenters. The first-order valence-electron chi connectivity index (χ1n) is 4.95. The monoisotopic (exact) mass is 193 g/mol. The molecule has 0 amide bonds. The van der Waals surface area contributed by atoms with Crippen molar-refractivity contribution in [3.8, 4) is 0 Å². The van der Waals surface area contributed by atoms with E-state index in [4.69, 9.17) is 5.73 Å². The molecule has 1 aromatic rings. The molecule has 0 saturated heterocycles. The number of aromatic nitrogens is 2. The van der Waals surface area contributed by atoms with Gasteiger partial charge in [-0.1, -0.05) is 6.42 Å². The largest absolute Gasteiger partial charge is 0.329 e.